The molecule has 0 aliphatic carbocycles. The fourth-order valence-corrected chi connectivity index (χ4v) is 6.53. The molecular weight excluding hydrogens is 584 g/mol. The summed E-state index contributed by atoms with van der Waals surface area (Å²) < 4.78 is 19.4. The monoisotopic (exact) mass is 618 g/mol. The minimum Gasteiger partial charge on any atom is -0.494 e. The van der Waals surface area contributed by atoms with Crippen LogP contribution in [-0.4, -0.2) is 23.2 Å². The van der Waals surface area contributed by atoms with Crippen molar-refractivity contribution in [2.45, 2.75) is 46.4 Å². The lowest BCUT2D eigenvalue weighted by Gasteiger charge is -2.25. The van der Waals surface area contributed by atoms with Crippen molar-refractivity contribution in [3.63, 3.8) is 0 Å². The number of allylic oxidation sites excluding steroid dienone is 1. The van der Waals surface area contributed by atoms with Crippen LogP contribution in [0.4, 0.5) is 0 Å². The Bertz CT molecular complexity index is 2070. The van der Waals surface area contributed by atoms with Gasteiger partial charge >= 0.3 is 5.97 Å². The van der Waals surface area contributed by atoms with Gasteiger partial charge < -0.3 is 14.2 Å². The van der Waals surface area contributed by atoms with Crippen molar-refractivity contribution < 1.29 is 19.0 Å². The van der Waals surface area contributed by atoms with E-state index in [-0.39, 0.29) is 11.7 Å². The highest BCUT2D eigenvalue weighted by molar-refractivity contribution is 7.07. The van der Waals surface area contributed by atoms with Crippen molar-refractivity contribution in [3.8, 4) is 11.5 Å². The average molecular weight is 619 g/mol. The maximum Gasteiger partial charge on any atom is 0.338 e. The maximum atomic E-state index is 14.0. The molecule has 7 nitrogen and oxygen atoms in total. The largest absolute Gasteiger partial charge is 0.494 e. The molecule has 1 aromatic heterocycles. The van der Waals surface area contributed by atoms with E-state index in [2.05, 4.69) is 29.3 Å². The quantitative estimate of drug-likeness (QED) is 0.181. The number of hydrogen-bond acceptors (Lipinski definition) is 7. The van der Waals surface area contributed by atoms with Crippen LogP contribution < -0.4 is 24.4 Å². The zero-order valence-corrected chi connectivity index (χ0v) is 26.5. The first-order valence-electron chi connectivity index (χ1n) is 15.0. The van der Waals surface area contributed by atoms with Crippen LogP contribution in [0.1, 0.15) is 50.4 Å². The van der Waals surface area contributed by atoms with E-state index in [0.29, 0.717) is 39.6 Å². The molecule has 5 aromatic rings. The van der Waals surface area contributed by atoms with E-state index in [0.717, 1.165) is 22.4 Å². The third-order valence-corrected chi connectivity index (χ3v) is 8.53. The van der Waals surface area contributed by atoms with Gasteiger partial charge in [-0.1, -0.05) is 78.1 Å². The van der Waals surface area contributed by atoms with Crippen LogP contribution in [0.25, 0.3) is 16.8 Å². The molecule has 0 saturated heterocycles. The second-order valence-corrected chi connectivity index (χ2v) is 12.0. The van der Waals surface area contributed by atoms with Crippen LogP contribution in [0, 0.1) is 0 Å². The van der Waals surface area contributed by atoms with Crippen LogP contribution in [0.3, 0.4) is 0 Å². The Balaban J connectivity index is 1.31. The van der Waals surface area contributed by atoms with Gasteiger partial charge in [0.15, 0.2) is 4.80 Å². The van der Waals surface area contributed by atoms with Crippen molar-refractivity contribution in [2.75, 3.05) is 6.61 Å². The molecule has 0 unspecified atom stereocenters. The summed E-state index contributed by atoms with van der Waals surface area (Å²) in [7, 11) is 0. The molecule has 228 valence electrons. The first-order valence-corrected chi connectivity index (χ1v) is 15.8. The second kappa shape index (κ2) is 13.0. The van der Waals surface area contributed by atoms with E-state index >= 15 is 0 Å². The van der Waals surface area contributed by atoms with E-state index in [1.54, 1.807) is 25.3 Å². The Hall–Kier alpha value is -4.95. The zero-order chi connectivity index (χ0) is 31.5. The van der Waals surface area contributed by atoms with Gasteiger partial charge in [-0.15, -0.1) is 0 Å². The van der Waals surface area contributed by atoms with Crippen LogP contribution >= 0.6 is 11.3 Å². The first-order chi connectivity index (χ1) is 21.8. The predicted octanol–water partition coefficient (Wildman–Crippen LogP) is 6.32. The Morgan fingerprint density at radius 3 is 2.36 bits per heavy atom. The van der Waals surface area contributed by atoms with Gasteiger partial charge in [-0.05, 0) is 85.5 Å². The smallest absolute Gasteiger partial charge is 0.338 e. The summed E-state index contributed by atoms with van der Waals surface area (Å²) in [5.74, 6) is 0.963. The van der Waals surface area contributed by atoms with Gasteiger partial charge in [-0.3, -0.25) is 9.36 Å². The Morgan fingerprint density at radius 2 is 1.62 bits per heavy atom. The Labute approximate surface area is 265 Å². The Morgan fingerprint density at radius 1 is 0.933 bits per heavy atom. The minimum absolute atomic E-state index is 0.226. The van der Waals surface area contributed by atoms with E-state index in [1.807, 2.05) is 79.7 Å². The predicted molar refractivity (Wildman–Crippen MR) is 177 cm³/mol. The fraction of sp³-hybridized carbons (Fsp3) is 0.216. The van der Waals surface area contributed by atoms with Gasteiger partial charge in [0, 0.05) is 0 Å². The van der Waals surface area contributed by atoms with Crippen molar-refractivity contribution in [2.24, 2.45) is 4.99 Å². The zero-order valence-electron chi connectivity index (χ0n) is 25.7. The van der Waals surface area contributed by atoms with Crippen molar-refractivity contribution in [3.05, 3.63) is 139 Å². The molecule has 0 N–H and O–H groups in total. The van der Waals surface area contributed by atoms with Crippen LogP contribution in [0.2, 0.25) is 0 Å². The van der Waals surface area contributed by atoms with Gasteiger partial charge in [-0.25, -0.2) is 9.79 Å². The van der Waals surface area contributed by atoms with Crippen molar-refractivity contribution >= 4 is 34.2 Å². The molecule has 1 atom stereocenters. The number of benzene rings is 4. The molecule has 1 aliphatic rings. The summed E-state index contributed by atoms with van der Waals surface area (Å²) in [5.41, 5.74) is 3.39. The number of nitrogens with zero attached hydrogens (tertiary/aromatic N) is 2. The molecule has 8 heteroatoms. The summed E-state index contributed by atoms with van der Waals surface area (Å²) in [6.45, 7) is 8.30. The third kappa shape index (κ3) is 6.33. The topological polar surface area (TPSA) is 79.1 Å². The molecule has 2 heterocycles. The van der Waals surface area contributed by atoms with Gasteiger partial charge in [0.05, 0.1) is 34.6 Å². The highest BCUT2D eigenvalue weighted by Crippen LogP contribution is 2.32. The summed E-state index contributed by atoms with van der Waals surface area (Å²) in [6, 6.07) is 28.9. The fourth-order valence-electron chi connectivity index (χ4n) is 5.48. The number of thiazole rings is 1. The number of aromatic nitrogens is 1. The molecular formula is C37H34N2O5S. The third-order valence-electron chi connectivity index (χ3n) is 7.54. The average Bonchev–Trinajstić information content (AvgIpc) is 3.33. The normalized spacial score (nSPS) is 14.8. The molecule has 1 aliphatic heterocycles. The lowest BCUT2D eigenvalue weighted by Crippen LogP contribution is -2.40. The van der Waals surface area contributed by atoms with Gasteiger partial charge in [-0.2, -0.15) is 0 Å². The second-order valence-electron chi connectivity index (χ2n) is 11.0. The molecule has 0 spiro atoms. The van der Waals surface area contributed by atoms with E-state index in [9.17, 15) is 9.59 Å². The maximum absolute atomic E-state index is 14.0. The number of hydrogen-bond donors (Lipinski definition) is 0. The lowest BCUT2D eigenvalue weighted by atomic mass is 9.96. The van der Waals surface area contributed by atoms with E-state index in [4.69, 9.17) is 14.2 Å². The van der Waals surface area contributed by atoms with E-state index < -0.39 is 12.0 Å². The van der Waals surface area contributed by atoms with Crippen LogP contribution in [-0.2, 0) is 16.1 Å². The van der Waals surface area contributed by atoms with Crippen LogP contribution in [0.5, 0.6) is 11.5 Å². The molecule has 0 fully saturated rings. The van der Waals surface area contributed by atoms with Gasteiger partial charge in [0.2, 0.25) is 0 Å². The molecule has 45 heavy (non-hydrogen) atoms. The molecule has 0 radical (unpaired) electrons. The summed E-state index contributed by atoms with van der Waals surface area (Å²) in [6.07, 6.45) is 1.53. The first kappa shape index (κ1) is 30.1. The van der Waals surface area contributed by atoms with Gasteiger partial charge in [0.1, 0.15) is 18.1 Å². The molecule has 6 rings (SSSR count). The minimum atomic E-state index is -0.685. The molecule has 0 saturated carbocycles. The highest BCUT2D eigenvalue weighted by atomic mass is 32.1. The van der Waals surface area contributed by atoms with E-state index in [1.165, 1.54) is 22.1 Å². The summed E-state index contributed by atoms with van der Waals surface area (Å²) >= 11 is 1.30. The molecule has 4 aromatic carbocycles. The highest BCUT2D eigenvalue weighted by Gasteiger charge is 2.33. The van der Waals surface area contributed by atoms with Gasteiger partial charge in [0.25, 0.3) is 5.56 Å². The summed E-state index contributed by atoms with van der Waals surface area (Å²) in [4.78, 5) is 32.5. The molecule has 0 amide bonds. The molecule has 0 bridgehead atoms. The van der Waals surface area contributed by atoms with Crippen molar-refractivity contribution in [1.29, 1.82) is 0 Å². The van der Waals surface area contributed by atoms with Crippen LogP contribution in [0.15, 0.2) is 112 Å². The number of ether oxygens (including phenoxy) is 3. The number of esters is 1. The number of carbonyl (C=O) groups excluding carboxylic acids is 1. The number of rotatable bonds is 9. The SMILES string of the molecule is CCOc1ccc([C@H]2C(C(=O)OC(C)C)=C(C)N=c3s/c(=C/c4ccc(OCc5cccc6ccccc56)cc4)c(=O)n32)cc1. The lowest BCUT2D eigenvalue weighted by molar-refractivity contribution is -0.143. The summed E-state index contributed by atoms with van der Waals surface area (Å²) in [5, 5.41) is 2.35. The van der Waals surface area contributed by atoms with Crippen molar-refractivity contribution in [1.82, 2.24) is 4.57 Å². The number of fused-ring (bicyclic) bond motifs is 2. The standard InChI is InChI=1S/C37H34N2O5S/c1-5-42-29-19-15-27(16-20-29)34-33(36(41)44-23(2)3)24(4)38-37-39(34)35(40)32(45-37)21-25-13-17-30(18-14-25)43-22-28-11-8-10-26-9-6-7-12-31(26)28/h6-21,23,34H,5,22H2,1-4H3/b32-21+/t34-/m0/s1. The number of carbonyl (C=O) groups is 1. The Kier molecular flexibility index (Phi) is 8.67.